The van der Waals surface area contributed by atoms with Gasteiger partial charge in [-0.15, -0.1) is 0 Å². The lowest BCUT2D eigenvalue weighted by Crippen LogP contribution is -2.31. The molecular formula is C19H19Cl2N3O2. The van der Waals surface area contributed by atoms with Gasteiger partial charge in [-0.2, -0.15) is 0 Å². The van der Waals surface area contributed by atoms with Crippen LogP contribution in [0.4, 0.5) is 5.69 Å². The van der Waals surface area contributed by atoms with Crippen LogP contribution in [0.15, 0.2) is 36.4 Å². The van der Waals surface area contributed by atoms with Gasteiger partial charge >= 0.3 is 0 Å². The lowest BCUT2D eigenvalue weighted by atomic mass is 10.1. The van der Waals surface area contributed by atoms with Crippen LogP contribution in [0.3, 0.4) is 0 Å². The fourth-order valence-electron chi connectivity index (χ4n) is 2.92. The molecule has 0 spiro atoms. The first-order valence-electron chi connectivity index (χ1n) is 8.57. The summed E-state index contributed by atoms with van der Waals surface area (Å²) in [7, 11) is 0. The normalized spacial score (nSPS) is 14.6. The molecule has 0 aliphatic carbocycles. The first-order valence-corrected chi connectivity index (χ1v) is 9.33. The third-order valence-electron chi connectivity index (χ3n) is 4.31. The molecule has 0 saturated carbocycles. The minimum Gasteiger partial charge on any atom is -0.339 e. The second kappa shape index (κ2) is 8.52. The second-order valence-corrected chi connectivity index (χ2v) is 7.00. The van der Waals surface area contributed by atoms with Gasteiger partial charge in [-0.05, 0) is 49.2 Å². The summed E-state index contributed by atoms with van der Waals surface area (Å²) in [4.78, 5) is 30.7. The predicted molar refractivity (Wildman–Crippen MR) is 103 cm³/mol. The molecule has 5 nitrogen and oxygen atoms in total. The molecule has 2 aromatic rings. The molecule has 0 unspecified atom stereocenters. The molecule has 2 amide bonds. The zero-order chi connectivity index (χ0) is 18.5. The van der Waals surface area contributed by atoms with E-state index in [2.05, 4.69) is 10.3 Å². The van der Waals surface area contributed by atoms with E-state index >= 15 is 0 Å². The molecule has 26 heavy (non-hydrogen) atoms. The quantitative estimate of drug-likeness (QED) is 0.773. The molecule has 1 aliphatic heterocycles. The number of nitrogens with zero attached hydrogens (tertiary/aromatic N) is 2. The molecule has 1 aromatic heterocycles. The van der Waals surface area contributed by atoms with Crippen molar-refractivity contribution < 1.29 is 9.59 Å². The van der Waals surface area contributed by atoms with Gasteiger partial charge in [-0.25, -0.2) is 4.98 Å². The molecule has 1 aromatic carbocycles. The average Bonchev–Trinajstić information content (AvgIpc) is 2.93. The Kier molecular flexibility index (Phi) is 6.12. The zero-order valence-electron chi connectivity index (χ0n) is 14.2. The maximum absolute atomic E-state index is 12.6. The monoisotopic (exact) mass is 391 g/mol. The number of hydrogen-bond donors (Lipinski definition) is 1. The van der Waals surface area contributed by atoms with Gasteiger partial charge in [0.1, 0.15) is 10.8 Å². The summed E-state index contributed by atoms with van der Waals surface area (Å²) in [5, 5.41) is 3.13. The highest BCUT2D eigenvalue weighted by molar-refractivity contribution is 6.35. The number of anilines is 1. The van der Waals surface area contributed by atoms with E-state index < -0.39 is 5.91 Å². The van der Waals surface area contributed by atoms with Gasteiger partial charge in [0.15, 0.2) is 0 Å². The van der Waals surface area contributed by atoms with Crippen molar-refractivity contribution in [2.24, 2.45) is 0 Å². The summed E-state index contributed by atoms with van der Waals surface area (Å²) in [6, 6.07) is 9.87. The summed E-state index contributed by atoms with van der Waals surface area (Å²) in [5.41, 5.74) is 1.23. The number of aromatic nitrogens is 1. The van der Waals surface area contributed by atoms with E-state index in [-0.39, 0.29) is 21.8 Å². The Morgan fingerprint density at radius 1 is 0.923 bits per heavy atom. The number of hydrogen-bond acceptors (Lipinski definition) is 3. The highest BCUT2D eigenvalue weighted by atomic mass is 35.5. The lowest BCUT2D eigenvalue weighted by molar-refractivity contribution is 0.0761. The summed E-state index contributed by atoms with van der Waals surface area (Å²) in [5.74, 6) is -0.423. The Labute approximate surface area is 162 Å². The average molecular weight is 392 g/mol. The Morgan fingerprint density at radius 3 is 2.23 bits per heavy atom. The van der Waals surface area contributed by atoms with Crippen LogP contribution in [0.25, 0.3) is 0 Å². The number of nitrogens with one attached hydrogen (secondary N) is 1. The SMILES string of the molecule is O=C(Nc1ccc(C(=O)N2CCCCCC2)cc1)c1nc(Cl)ccc1Cl. The minimum atomic E-state index is -0.455. The van der Waals surface area contributed by atoms with Gasteiger partial charge in [0.05, 0.1) is 5.02 Å². The van der Waals surface area contributed by atoms with E-state index in [1.165, 1.54) is 25.0 Å². The predicted octanol–water partition coefficient (Wildman–Crippen LogP) is 4.66. The van der Waals surface area contributed by atoms with Crippen LogP contribution in [0.2, 0.25) is 10.2 Å². The number of carbonyl (C=O) groups is 2. The molecule has 0 radical (unpaired) electrons. The molecule has 0 atom stereocenters. The first kappa shape index (κ1) is 18.7. The van der Waals surface area contributed by atoms with Crippen LogP contribution >= 0.6 is 23.2 Å². The summed E-state index contributed by atoms with van der Waals surface area (Å²) < 4.78 is 0. The van der Waals surface area contributed by atoms with Gasteiger partial charge in [0.2, 0.25) is 0 Å². The van der Waals surface area contributed by atoms with Crippen molar-refractivity contribution in [2.45, 2.75) is 25.7 Å². The van der Waals surface area contributed by atoms with E-state index in [1.807, 2.05) is 4.90 Å². The van der Waals surface area contributed by atoms with Gasteiger partial charge in [0.25, 0.3) is 11.8 Å². The smallest absolute Gasteiger partial charge is 0.275 e. The van der Waals surface area contributed by atoms with E-state index in [0.717, 1.165) is 25.9 Å². The molecule has 1 aliphatic rings. The largest absolute Gasteiger partial charge is 0.339 e. The summed E-state index contributed by atoms with van der Waals surface area (Å²) in [6.07, 6.45) is 4.45. The van der Waals surface area contributed by atoms with Crippen molar-refractivity contribution in [1.29, 1.82) is 0 Å². The number of pyridine rings is 1. The van der Waals surface area contributed by atoms with Gasteiger partial charge in [0, 0.05) is 24.3 Å². The van der Waals surface area contributed by atoms with Crippen LogP contribution < -0.4 is 5.32 Å². The molecular weight excluding hydrogens is 373 g/mol. The number of halogens is 2. The molecule has 3 rings (SSSR count). The third kappa shape index (κ3) is 4.54. The van der Waals surface area contributed by atoms with Crippen molar-refractivity contribution >= 4 is 40.7 Å². The van der Waals surface area contributed by atoms with Crippen molar-refractivity contribution in [2.75, 3.05) is 18.4 Å². The Morgan fingerprint density at radius 2 is 1.58 bits per heavy atom. The fourth-order valence-corrected chi connectivity index (χ4v) is 3.26. The highest BCUT2D eigenvalue weighted by Gasteiger charge is 2.18. The van der Waals surface area contributed by atoms with E-state index in [9.17, 15) is 9.59 Å². The molecule has 136 valence electrons. The molecule has 1 fully saturated rings. The zero-order valence-corrected chi connectivity index (χ0v) is 15.7. The number of benzene rings is 1. The van der Waals surface area contributed by atoms with Crippen molar-refractivity contribution in [3.63, 3.8) is 0 Å². The first-order chi connectivity index (χ1) is 12.5. The minimum absolute atomic E-state index is 0.0318. The molecule has 1 saturated heterocycles. The molecule has 0 bridgehead atoms. The van der Waals surface area contributed by atoms with Crippen LogP contribution in [0.1, 0.15) is 46.5 Å². The summed E-state index contributed by atoms with van der Waals surface area (Å²) >= 11 is 11.8. The number of carbonyl (C=O) groups excluding carboxylic acids is 2. The van der Waals surface area contributed by atoms with Crippen molar-refractivity contribution in [1.82, 2.24) is 9.88 Å². The standard InChI is InChI=1S/C19H19Cl2N3O2/c20-15-9-10-16(21)23-17(15)18(25)22-14-7-5-13(6-8-14)19(26)24-11-3-1-2-4-12-24/h5-10H,1-4,11-12H2,(H,22,25). The third-order valence-corrected chi connectivity index (χ3v) is 4.83. The van der Waals surface area contributed by atoms with Crippen molar-refractivity contribution in [3.8, 4) is 0 Å². The van der Waals surface area contributed by atoms with Crippen LogP contribution in [-0.2, 0) is 0 Å². The maximum Gasteiger partial charge on any atom is 0.275 e. The van der Waals surface area contributed by atoms with Crippen LogP contribution in [0.5, 0.6) is 0 Å². The molecule has 7 heteroatoms. The fraction of sp³-hybridized carbons (Fsp3) is 0.316. The highest BCUT2D eigenvalue weighted by Crippen LogP contribution is 2.19. The Hall–Kier alpha value is -2.11. The number of likely N-dealkylation sites (tertiary alicyclic amines) is 1. The molecule has 2 heterocycles. The van der Waals surface area contributed by atoms with Crippen LogP contribution in [-0.4, -0.2) is 34.8 Å². The van der Waals surface area contributed by atoms with Gasteiger partial charge in [-0.3, -0.25) is 9.59 Å². The second-order valence-electron chi connectivity index (χ2n) is 6.20. The van der Waals surface area contributed by atoms with E-state index in [0.29, 0.717) is 11.3 Å². The Bertz CT molecular complexity index is 801. The van der Waals surface area contributed by atoms with E-state index in [1.54, 1.807) is 24.3 Å². The van der Waals surface area contributed by atoms with Crippen molar-refractivity contribution in [3.05, 3.63) is 57.8 Å². The molecule has 1 N–H and O–H groups in total. The topological polar surface area (TPSA) is 62.3 Å². The maximum atomic E-state index is 12.6. The van der Waals surface area contributed by atoms with Gasteiger partial charge < -0.3 is 10.2 Å². The summed E-state index contributed by atoms with van der Waals surface area (Å²) in [6.45, 7) is 1.60. The Balaban J connectivity index is 1.68. The van der Waals surface area contributed by atoms with Gasteiger partial charge in [-0.1, -0.05) is 36.0 Å². The van der Waals surface area contributed by atoms with E-state index in [4.69, 9.17) is 23.2 Å². The number of rotatable bonds is 3. The number of amides is 2. The lowest BCUT2D eigenvalue weighted by Gasteiger charge is -2.20. The van der Waals surface area contributed by atoms with Crippen LogP contribution in [0, 0.1) is 0 Å².